The predicted molar refractivity (Wildman–Crippen MR) is 105 cm³/mol. The molecular formula is C23H29NO. The van der Waals surface area contributed by atoms with Crippen molar-refractivity contribution >= 4 is 6.29 Å². The number of benzene rings is 2. The highest BCUT2D eigenvalue weighted by atomic mass is 16.1. The molecule has 0 radical (unpaired) electrons. The van der Waals surface area contributed by atoms with E-state index in [2.05, 4.69) is 60.4 Å². The Kier molecular flexibility index (Phi) is 6.41. The molecule has 0 amide bonds. The van der Waals surface area contributed by atoms with Gasteiger partial charge in [0.15, 0.2) is 0 Å². The molecule has 25 heavy (non-hydrogen) atoms. The largest absolute Gasteiger partial charge is 0.303 e. The molecule has 2 aromatic rings. The number of carbonyl (C=O) groups excluding carboxylic acids is 1. The molecule has 0 spiro atoms. The van der Waals surface area contributed by atoms with E-state index in [-0.39, 0.29) is 0 Å². The Bertz CT molecular complexity index is 659. The predicted octanol–water partition coefficient (Wildman–Crippen LogP) is 4.90. The molecule has 2 aromatic carbocycles. The van der Waals surface area contributed by atoms with Crippen LogP contribution < -0.4 is 0 Å². The summed E-state index contributed by atoms with van der Waals surface area (Å²) in [5.41, 5.74) is 5.27. The van der Waals surface area contributed by atoms with Gasteiger partial charge in [-0.15, -0.1) is 0 Å². The maximum absolute atomic E-state index is 10.4. The van der Waals surface area contributed by atoms with Crippen LogP contribution in [0.15, 0.2) is 48.5 Å². The summed E-state index contributed by atoms with van der Waals surface area (Å²) < 4.78 is 0. The van der Waals surface area contributed by atoms with Crippen LogP contribution in [0, 0.1) is 0 Å². The van der Waals surface area contributed by atoms with Crippen LogP contribution in [0.5, 0.6) is 0 Å². The van der Waals surface area contributed by atoms with Crippen LogP contribution in [0.2, 0.25) is 0 Å². The molecule has 0 N–H and O–H groups in total. The summed E-state index contributed by atoms with van der Waals surface area (Å²) >= 11 is 0. The fourth-order valence-corrected chi connectivity index (χ4v) is 3.71. The van der Waals surface area contributed by atoms with Crippen LogP contribution in [0.4, 0.5) is 0 Å². The van der Waals surface area contributed by atoms with E-state index in [1.807, 2.05) is 0 Å². The first-order valence-corrected chi connectivity index (χ1v) is 9.62. The first kappa shape index (κ1) is 17.9. The smallest absolute Gasteiger partial charge is 0.120 e. The Balaban J connectivity index is 1.55. The van der Waals surface area contributed by atoms with E-state index < -0.39 is 0 Å². The standard InChI is InChI=1S/C23H29NO/c1-19-5-4-16-24(19)17-15-21-9-13-23(14-10-21)22-11-7-20(8-12-22)6-2-3-18-25/h7-14,18-19H,2-6,15-17H2,1H3. The van der Waals surface area contributed by atoms with Gasteiger partial charge in [-0.1, -0.05) is 48.5 Å². The average Bonchev–Trinajstić information content (AvgIpc) is 3.06. The van der Waals surface area contributed by atoms with Crippen molar-refractivity contribution in [3.63, 3.8) is 0 Å². The zero-order chi connectivity index (χ0) is 17.5. The van der Waals surface area contributed by atoms with Gasteiger partial charge in [-0.3, -0.25) is 0 Å². The molecule has 1 unspecified atom stereocenters. The number of carbonyl (C=O) groups is 1. The molecule has 0 aromatic heterocycles. The Labute approximate surface area is 151 Å². The lowest BCUT2D eigenvalue weighted by molar-refractivity contribution is -0.107. The summed E-state index contributed by atoms with van der Waals surface area (Å²) in [5, 5.41) is 0. The van der Waals surface area contributed by atoms with Crippen LogP contribution in [-0.2, 0) is 17.6 Å². The zero-order valence-corrected chi connectivity index (χ0v) is 15.3. The van der Waals surface area contributed by atoms with E-state index in [0.29, 0.717) is 6.42 Å². The van der Waals surface area contributed by atoms with Gasteiger partial charge < -0.3 is 9.69 Å². The number of aryl methyl sites for hydroxylation is 1. The molecule has 0 saturated carbocycles. The molecule has 1 aliphatic heterocycles. The van der Waals surface area contributed by atoms with Crippen molar-refractivity contribution in [1.82, 2.24) is 4.90 Å². The van der Waals surface area contributed by atoms with Gasteiger partial charge in [-0.25, -0.2) is 0 Å². The van der Waals surface area contributed by atoms with Crippen molar-refractivity contribution in [1.29, 1.82) is 0 Å². The van der Waals surface area contributed by atoms with Gasteiger partial charge in [0.05, 0.1) is 0 Å². The van der Waals surface area contributed by atoms with Crippen LogP contribution >= 0.6 is 0 Å². The monoisotopic (exact) mass is 335 g/mol. The highest BCUT2D eigenvalue weighted by Crippen LogP contribution is 2.22. The van der Waals surface area contributed by atoms with Gasteiger partial charge >= 0.3 is 0 Å². The SMILES string of the molecule is CC1CCCN1CCc1ccc(-c2ccc(CCCC=O)cc2)cc1. The number of hydrogen-bond donors (Lipinski definition) is 0. The van der Waals surface area contributed by atoms with E-state index in [1.54, 1.807) is 0 Å². The van der Waals surface area contributed by atoms with Gasteiger partial charge in [-0.2, -0.15) is 0 Å². The fourth-order valence-electron chi connectivity index (χ4n) is 3.71. The Morgan fingerprint density at radius 2 is 1.56 bits per heavy atom. The van der Waals surface area contributed by atoms with Crippen LogP contribution in [0.25, 0.3) is 11.1 Å². The van der Waals surface area contributed by atoms with E-state index in [4.69, 9.17) is 0 Å². The second-order valence-electron chi connectivity index (χ2n) is 7.23. The van der Waals surface area contributed by atoms with Crippen molar-refractivity contribution < 1.29 is 4.79 Å². The molecular weight excluding hydrogens is 306 g/mol. The maximum Gasteiger partial charge on any atom is 0.120 e. The van der Waals surface area contributed by atoms with E-state index in [0.717, 1.165) is 31.6 Å². The number of likely N-dealkylation sites (tertiary alicyclic amines) is 1. The quantitative estimate of drug-likeness (QED) is 0.505. The Morgan fingerprint density at radius 1 is 0.960 bits per heavy atom. The van der Waals surface area contributed by atoms with E-state index in [1.165, 1.54) is 48.2 Å². The number of rotatable bonds is 8. The third-order valence-corrected chi connectivity index (χ3v) is 5.41. The summed E-state index contributed by atoms with van der Waals surface area (Å²) in [5.74, 6) is 0. The number of unbranched alkanes of at least 4 members (excludes halogenated alkanes) is 1. The first-order chi connectivity index (χ1) is 12.3. The van der Waals surface area contributed by atoms with Gasteiger partial charge in [-0.05, 0) is 67.8 Å². The number of hydrogen-bond acceptors (Lipinski definition) is 2. The second kappa shape index (κ2) is 8.96. The minimum absolute atomic E-state index is 0.652. The molecule has 1 heterocycles. The minimum Gasteiger partial charge on any atom is -0.303 e. The van der Waals surface area contributed by atoms with Crippen LogP contribution in [-0.4, -0.2) is 30.3 Å². The summed E-state index contributed by atoms with van der Waals surface area (Å²) in [4.78, 5) is 13.0. The second-order valence-corrected chi connectivity index (χ2v) is 7.23. The van der Waals surface area contributed by atoms with Crippen molar-refractivity contribution in [2.24, 2.45) is 0 Å². The van der Waals surface area contributed by atoms with Crippen molar-refractivity contribution in [2.45, 2.75) is 51.5 Å². The fraction of sp³-hybridized carbons (Fsp3) is 0.435. The zero-order valence-electron chi connectivity index (χ0n) is 15.3. The van der Waals surface area contributed by atoms with Gasteiger partial charge in [0.2, 0.25) is 0 Å². The van der Waals surface area contributed by atoms with Gasteiger partial charge in [0, 0.05) is 19.0 Å². The van der Waals surface area contributed by atoms with E-state index in [9.17, 15) is 4.79 Å². The number of aldehydes is 1. The normalized spacial score (nSPS) is 17.7. The average molecular weight is 335 g/mol. The third-order valence-electron chi connectivity index (χ3n) is 5.41. The third kappa shape index (κ3) is 5.02. The van der Waals surface area contributed by atoms with Crippen molar-refractivity contribution in [3.8, 4) is 11.1 Å². The molecule has 1 atom stereocenters. The van der Waals surface area contributed by atoms with Gasteiger partial charge in [0.1, 0.15) is 6.29 Å². The highest BCUT2D eigenvalue weighted by molar-refractivity contribution is 5.64. The summed E-state index contributed by atoms with van der Waals surface area (Å²) in [6.45, 7) is 4.78. The molecule has 1 fully saturated rings. The van der Waals surface area contributed by atoms with E-state index >= 15 is 0 Å². The number of nitrogens with zero attached hydrogens (tertiary/aromatic N) is 1. The Hall–Kier alpha value is -1.93. The molecule has 3 rings (SSSR count). The summed E-state index contributed by atoms with van der Waals surface area (Å²) in [6, 6.07) is 18.5. The van der Waals surface area contributed by atoms with Crippen molar-refractivity contribution in [2.75, 3.05) is 13.1 Å². The van der Waals surface area contributed by atoms with Crippen LogP contribution in [0.3, 0.4) is 0 Å². The van der Waals surface area contributed by atoms with Crippen LogP contribution in [0.1, 0.15) is 43.7 Å². The Morgan fingerprint density at radius 3 is 2.08 bits per heavy atom. The molecule has 0 aliphatic carbocycles. The molecule has 1 aliphatic rings. The minimum atomic E-state index is 0.652. The van der Waals surface area contributed by atoms with Crippen molar-refractivity contribution in [3.05, 3.63) is 59.7 Å². The summed E-state index contributed by atoms with van der Waals surface area (Å²) in [7, 11) is 0. The molecule has 1 saturated heterocycles. The molecule has 0 bridgehead atoms. The molecule has 132 valence electrons. The lowest BCUT2D eigenvalue weighted by atomic mass is 10.00. The molecule has 2 heteroatoms. The lowest BCUT2D eigenvalue weighted by Crippen LogP contribution is -2.28. The summed E-state index contributed by atoms with van der Waals surface area (Å²) in [6.07, 6.45) is 7.41. The molecule has 2 nitrogen and oxygen atoms in total. The maximum atomic E-state index is 10.4. The first-order valence-electron chi connectivity index (χ1n) is 9.62. The van der Waals surface area contributed by atoms with Gasteiger partial charge in [0.25, 0.3) is 0 Å². The topological polar surface area (TPSA) is 20.3 Å². The lowest BCUT2D eigenvalue weighted by Gasteiger charge is -2.20. The highest BCUT2D eigenvalue weighted by Gasteiger charge is 2.19.